The second-order valence-electron chi connectivity index (χ2n) is 6.46. The molecule has 152 valence electrons. The predicted molar refractivity (Wildman–Crippen MR) is 118 cm³/mol. The van der Waals surface area contributed by atoms with E-state index in [1.165, 1.54) is 0 Å². The topological polar surface area (TPSA) is 66.4 Å². The van der Waals surface area contributed by atoms with Crippen molar-refractivity contribution in [3.8, 4) is 5.75 Å². The maximum atomic E-state index is 11.8. The minimum Gasteiger partial charge on any atom is -0.490 e. The summed E-state index contributed by atoms with van der Waals surface area (Å²) in [6.07, 6.45) is 2.04. The van der Waals surface area contributed by atoms with Crippen LogP contribution in [0.5, 0.6) is 5.75 Å². The van der Waals surface area contributed by atoms with Crippen LogP contribution in [0.25, 0.3) is 0 Å². The highest BCUT2D eigenvalue weighted by molar-refractivity contribution is 14.0. The van der Waals surface area contributed by atoms with Crippen LogP contribution in [0, 0.1) is 0 Å². The van der Waals surface area contributed by atoms with E-state index in [0.29, 0.717) is 13.2 Å². The zero-order valence-corrected chi connectivity index (χ0v) is 18.7. The first-order valence-electron chi connectivity index (χ1n) is 9.04. The number of halogens is 1. The molecule has 0 bridgehead atoms. The molecule has 0 saturated carbocycles. The van der Waals surface area contributed by atoms with Crippen molar-refractivity contribution < 1.29 is 14.3 Å². The third-order valence-corrected chi connectivity index (χ3v) is 4.24. The molecule has 2 rings (SSSR count). The largest absolute Gasteiger partial charge is 0.490 e. The lowest BCUT2D eigenvalue weighted by atomic mass is 10.1. The third kappa shape index (κ3) is 8.34. The molecule has 0 aromatic heterocycles. The Bertz CT molecular complexity index is 576. The molecule has 1 amide bonds. The lowest BCUT2D eigenvalue weighted by Gasteiger charge is -2.34. The Labute approximate surface area is 179 Å². The highest BCUT2D eigenvalue weighted by Gasteiger charge is 2.23. The van der Waals surface area contributed by atoms with E-state index in [4.69, 9.17) is 9.47 Å². The van der Waals surface area contributed by atoms with E-state index < -0.39 is 0 Å². The van der Waals surface area contributed by atoms with Gasteiger partial charge in [0.25, 0.3) is 0 Å². The Morgan fingerprint density at radius 3 is 2.52 bits per heavy atom. The predicted octanol–water partition coefficient (Wildman–Crippen LogP) is 1.83. The number of benzene rings is 1. The highest BCUT2D eigenvalue weighted by Crippen LogP contribution is 2.18. The fraction of sp³-hybridized carbons (Fsp3) is 0.579. The maximum Gasteiger partial charge on any atom is 0.243 e. The first kappa shape index (κ1) is 23.5. The molecule has 0 aliphatic carbocycles. The van der Waals surface area contributed by atoms with Gasteiger partial charge in [-0.25, -0.2) is 4.99 Å². The lowest BCUT2D eigenvalue weighted by molar-refractivity contribution is -0.127. The van der Waals surface area contributed by atoms with Gasteiger partial charge in [0.05, 0.1) is 6.61 Å². The number of carbonyl (C=O) groups excluding carboxylic acids is 1. The average Bonchev–Trinajstić information content (AvgIpc) is 2.66. The smallest absolute Gasteiger partial charge is 0.243 e. The van der Waals surface area contributed by atoms with Gasteiger partial charge in [-0.2, -0.15) is 0 Å². The van der Waals surface area contributed by atoms with E-state index in [1.54, 1.807) is 26.1 Å². The Hall–Kier alpha value is -1.55. The van der Waals surface area contributed by atoms with Gasteiger partial charge >= 0.3 is 0 Å². The van der Waals surface area contributed by atoms with Crippen LogP contribution < -0.4 is 10.1 Å². The fourth-order valence-electron chi connectivity index (χ4n) is 2.69. The quantitative estimate of drug-likeness (QED) is 0.274. The van der Waals surface area contributed by atoms with E-state index in [1.807, 2.05) is 30.3 Å². The van der Waals surface area contributed by atoms with E-state index in [0.717, 1.165) is 37.6 Å². The molecule has 0 atom stereocenters. The fourth-order valence-corrected chi connectivity index (χ4v) is 2.69. The zero-order valence-electron chi connectivity index (χ0n) is 16.4. The van der Waals surface area contributed by atoms with Crippen LogP contribution in [0.1, 0.15) is 12.8 Å². The molecule has 1 N–H and O–H groups in total. The van der Waals surface area contributed by atoms with Gasteiger partial charge in [-0.15, -0.1) is 24.0 Å². The Kier molecular flexibility index (Phi) is 11.1. The number of piperidine rings is 1. The molecule has 1 aliphatic heterocycles. The van der Waals surface area contributed by atoms with Crippen LogP contribution in [-0.4, -0.2) is 81.8 Å². The number of rotatable bonds is 7. The van der Waals surface area contributed by atoms with Crippen molar-refractivity contribution in [3.05, 3.63) is 30.3 Å². The second-order valence-corrected chi connectivity index (χ2v) is 6.46. The van der Waals surface area contributed by atoms with E-state index >= 15 is 0 Å². The number of likely N-dealkylation sites (tertiary alicyclic amines) is 1. The normalized spacial score (nSPS) is 15.1. The number of likely N-dealkylation sites (N-methyl/N-ethyl adjacent to an activating group) is 1. The third-order valence-electron chi connectivity index (χ3n) is 4.24. The summed E-state index contributed by atoms with van der Waals surface area (Å²) in [5.41, 5.74) is 0. The van der Waals surface area contributed by atoms with Gasteiger partial charge in [-0.1, -0.05) is 18.2 Å². The van der Waals surface area contributed by atoms with Gasteiger partial charge in [0.15, 0.2) is 5.96 Å². The molecule has 1 heterocycles. The molecule has 1 aromatic carbocycles. The van der Waals surface area contributed by atoms with E-state index in [-0.39, 0.29) is 42.5 Å². The van der Waals surface area contributed by atoms with Crippen LogP contribution in [0.2, 0.25) is 0 Å². The minimum absolute atomic E-state index is 0. The van der Waals surface area contributed by atoms with Crippen molar-refractivity contribution in [2.45, 2.75) is 18.9 Å². The summed E-state index contributed by atoms with van der Waals surface area (Å²) < 4.78 is 11.1. The van der Waals surface area contributed by atoms with Crippen LogP contribution in [0.4, 0.5) is 0 Å². The van der Waals surface area contributed by atoms with Crippen LogP contribution in [-0.2, 0) is 9.53 Å². The van der Waals surface area contributed by atoms with Gasteiger partial charge in [-0.3, -0.25) is 4.79 Å². The molecule has 1 fully saturated rings. The molecule has 0 radical (unpaired) electrons. The standard InChI is InChI=1S/C19H30N4O3.HI/c1-22(2)18(24)15-21-19(20-11-14-25-3)23-12-9-17(10-13-23)26-16-7-5-4-6-8-16;/h4-8,17H,9-15H2,1-3H3,(H,20,21);1H. The number of ether oxygens (including phenoxy) is 2. The molecular weight excluding hydrogens is 459 g/mol. The molecule has 7 nitrogen and oxygen atoms in total. The molecule has 8 heteroatoms. The number of para-hydroxylation sites is 1. The monoisotopic (exact) mass is 490 g/mol. The molecule has 1 aliphatic rings. The average molecular weight is 490 g/mol. The second kappa shape index (κ2) is 12.8. The van der Waals surface area contributed by atoms with Gasteiger partial charge in [-0.05, 0) is 12.1 Å². The molecule has 0 unspecified atom stereocenters. The van der Waals surface area contributed by atoms with Crippen molar-refractivity contribution >= 4 is 35.8 Å². The Morgan fingerprint density at radius 1 is 1.26 bits per heavy atom. The summed E-state index contributed by atoms with van der Waals surface area (Å²) >= 11 is 0. The number of aliphatic imine (C=N–C) groups is 1. The van der Waals surface area contributed by atoms with Gasteiger partial charge in [0.2, 0.25) is 5.91 Å². The molecule has 27 heavy (non-hydrogen) atoms. The summed E-state index contributed by atoms with van der Waals surface area (Å²) in [5.74, 6) is 1.66. The van der Waals surface area contributed by atoms with Crippen LogP contribution in [0.3, 0.4) is 0 Å². The first-order valence-corrected chi connectivity index (χ1v) is 9.04. The number of nitrogens with zero attached hydrogens (tertiary/aromatic N) is 3. The highest BCUT2D eigenvalue weighted by atomic mass is 127. The zero-order chi connectivity index (χ0) is 18.8. The molecule has 1 saturated heterocycles. The van der Waals surface area contributed by atoms with Crippen molar-refractivity contribution in [3.63, 3.8) is 0 Å². The number of hydrogen-bond donors (Lipinski definition) is 1. The summed E-state index contributed by atoms with van der Waals surface area (Å²) in [6.45, 7) is 3.07. The maximum absolute atomic E-state index is 11.8. The molecule has 1 aromatic rings. The summed E-state index contributed by atoms with van der Waals surface area (Å²) in [6, 6.07) is 9.92. The molecular formula is C19H31IN4O3. The van der Waals surface area contributed by atoms with Crippen molar-refractivity contribution in [1.82, 2.24) is 15.1 Å². The van der Waals surface area contributed by atoms with Gasteiger partial charge < -0.3 is 24.6 Å². The number of carbonyl (C=O) groups is 1. The first-order chi connectivity index (χ1) is 12.6. The summed E-state index contributed by atoms with van der Waals surface area (Å²) in [5, 5.41) is 3.29. The minimum atomic E-state index is -0.0154. The van der Waals surface area contributed by atoms with Crippen LogP contribution >= 0.6 is 24.0 Å². The van der Waals surface area contributed by atoms with Crippen molar-refractivity contribution in [1.29, 1.82) is 0 Å². The molecule has 0 spiro atoms. The van der Waals surface area contributed by atoms with Crippen molar-refractivity contribution in [2.75, 3.05) is 54.0 Å². The van der Waals surface area contributed by atoms with E-state index in [2.05, 4.69) is 15.2 Å². The van der Waals surface area contributed by atoms with Crippen molar-refractivity contribution in [2.24, 2.45) is 4.99 Å². The number of hydrogen-bond acceptors (Lipinski definition) is 4. The van der Waals surface area contributed by atoms with Gasteiger partial charge in [0.1, 0.15) is 18.4 Å². The Morgan fingerprint density at radius 2 is 1.93 bits per heavy atom. The number of methoxy groups -OCH3 is 1. The van der Waals surface area contributed by atoms with E-state index in [9.17, 15) is 4.79 Å². The van der Waals surface area contributed by atoms with Gasteiger partial charge in [0, 0.05) is 53.7 Å². The number of guanidine groups is 1. The SMILES string of the molecule is COCCNC(=NCC(=O)N(C)C)N1CCC(Oc2ccccc2)CC1.I. The summed E-state index contributed by atoms with van der Waals surface area (Å²) in [4.78, 5) is 20.1. The lowest BCUT2D eigenvalue weighted by Crippen LogP contribution is -2.48. The Balaban J connectivity index is 0.00000364. The van der Waals surface area contributed by atoms with Crippen LogP contribution in [0.15, 0.2) is 35.3 Å². The number of amides is 1. The number of nitrogens with one attached hydrogen (secondary N) is 1. The summed E-state index contributed by atoms with van der Waals surface area (Å²) in [7, 11) is 5.14.